The Balaban J connectivity index is 2.41. The first kappa shape index (κ1) is 29.2. The molecule has 0 heterocycles. The summed E-state index contributed by atoms with van der Waals surface area (Å²) in [4.78, 5) is 40.9. The molecular formula is C27H40N4O5. The van der Waals surface area contributed by atoms with Crippen molar-refractivity contribution in [1.29, 1.82) is 0 Å². The zero-order valence-electron chi connectivity index (χ0n) is 22.1. The number of amides is 3. The third-order valence-electron chi connectivity index (χ3n) is 6.05. The summed E-state index contributed by atoms with van der Waals surface area (Å²) in [6.07, 6.45) is -0.448. The molecule has 0 bridgehead atoms. The van der Waals surface area contributed by atoms with Crippen LogP contribution in [0.4, 0.5) is 0 Å². The van der Waals surface area contributed by atoms with Gasteiger partial charge in [-0.05, 0) is 55.2 Å². The molecule has 2 aromatic carbocycles. The number of ether oxygens (including phenoxy) is 1. The maximum atomic E-state index is 13.7. The Hall–Kier alpha value is -3.01. The molecule has 0 spiro atoms. The fraction of sp³-hybridized carbons (Fsp3) is 0.519. The van der Waals surface area contributed by atoms with Crippen LogP contribution in [0.5, 0.6) is 0 Å². The summed E-state index contributed by atoms with van der Waals surface area (Å²) < 4.78 is 5.88. The Morgan fingerprint density at radius 2 is 1.67 bits per heavy atom. The van der Waals surface area contributed by atoms with E-state index in [1.807, 2.05) is 82.2 Å². The maximum Gasteiger partial charge on any atom is 0.273 e. The minimum Gasteiger partial charge on any atom is -0.367 e. The van der Waals surface area contributed by atoms with E-state index < -0.39 is 35.3 Å². The molecule has 0 aliphatic rings. The summed E-state index contributed by atoms with van der Waals surface area (Å²) in [6, 6.07) is 12.9. The maximum absolute atomic E-state index is 13.7. The zero-order valence-corrected chi connectivity index (χ0v) is 22.1. The van der Waals surface area contributed by atoms with Crippen LogP contribution in [0, 0.1) is 11.3 Å². The smallest absolute Gasteiger partial charge is 0.273 e. The van der Waals surface area contributed by atoms with E-state index in [1.54, 1.807) is 5.48 Å². The van der Waals surface area contributed by atoms with Crippen LogP contribution in [-0.2, 0) is 25.5 Å². The van der Waals surface area contributed by atoms with Crippen molar-refractivity contribution < 1.29 is 24.3 Å². The summed E-state index contributed by atoms with van der Waals surface area (Å²) in [7, 11) is 5.37. The lowest BCUT2D eigenvalue weighted by Gasteiger charge is -2.33. The third-order valence-corrected chi connectivity index (χ3v) is 6.05. The molecule has 0 radical (unpaired) electrons. The Labute approximate surface area is 213 Å². The van der Waals surface area contributed by atoms with Crippen molar-refractivity contribution in [3.63, 3.8) is 0 Å². The van der Waals surface area contributed by atoms with Crippen molar-refractivity contribution in [3.05, 3.63) is 48.0 Å². The van der Waals surface area contributed by atoms with Crippen LogP contribution in [0.1, 0.15) is 32.8 Å². The van der Waals surface area contributed by atoms with Gasteiger partial charge in [-0.15, -0.1) is 0 Å². The van der Waals surface area contributed by atoms with Crippen LogP contribution in [-0.4, -0.2) is 74.3 Å². The van der Waals surface area contributed by atoms with Gasteiger partial charge in [0.2, 0.25) is 11.8 Å². The van der Waals surface area contributed by atoms with Gasteiger partial charge in [0.1, 0.15) is 12.1 Å². The Morgan fingerprint density at radius 3 is 2.25 bits per heavy atom. The average molecular weight is 501 g/mol. The number of nitrogens with one attached hydrogen (secondary N) is 3. The molecule has 198 valence electrons. The van der Waals surface area contributed by atoms with Gasteiger partial charge < -0.3 is 20.3 Å². The summed E-state index contributed by atoms with van der Waals surface area (Å²) in [5.74, 6) is -2.65. The molecule has 36 heavy (non-hydrogen) atoms. The van der Waals surface area contributed by atoms with Crippen LogP contribution in [0.2, 0.25) is 0 Å². The van der Waals surface area contributed by atoms with Gasteiger partial charge in [0.25, 0.3) is 5.91 Å². The fourth-order valence-corrected chi connectivity index (χ4v) is 4.06. The van der Waals surface area contributed by atoms with Crippen LogP contribution in [0.3, 0.4) is 0 Å². The van der Waals surface area contributed by atoms with E-state index in [0.29, 0.717) is 6.42 Å². The number of nitrogens with zero attached hydrogens (tertiary/aromatic N) is 1. The number of hydrogen-bond acceptors (Lipinski definition) is 6. The minimum atomic E-state index is -1.26. The molecule has 2 aromatic rings. The highest BCUT2D eigenvalue weighted by molar-refractivity contribution is 5.93. The van der Waals surface area contributed by atoms with Crippen LogP contribution >= 0.6 is 0 Å². The second kappa shape index (κ2) is 13.3. The van der Waals surface area contributed by atoms with Crippen molar-refractivity contribution in [2.24, 2.45) is 11.3 Å². The quantitative estimate of drug-likeness (QED) is 0.201. The van der Waals surface area contributed by atoms with Gasteiger partial charge in [-0.3, -0.25) is 19.6 Å². The lowest BCUT2D eigenvalue weighted by atomic mass is 9.84. The number of benzene rings is 2. The van der Waals surface area contributed by atoms with E-state index in [-0.39, 0.29) is 18.9 Å². The Bertz CT molecular complexity index is 1030. The molecule has 2 rings (SSSR count). The van der Waals surface area contributed by atoms with Crippen molar-refractivity contribution >= 4 is 28.5 Å². The third kappa shape index (κ3) is 8.29. The summed E-state index contributed by atoms with van der Waals surface area (Å²) in [5, 5.41) is 16.9. The van der Waals surface area contributed by atoms with Gasteiger partial charge in [-0.1, -0.05) is 63.2 Å². The van der Waals surface area contributed by atoms with E-state index >= 15 is 0 Å². The first-order chi connectivity index (χ1) is 17.0. The predicted molar refractivity (Wildman–Crippen MR) is 139 cm³/mol. The predicted octanol–water partition coefficient (Wildman–Crippen LogP) is 2.12. The summed E-state index contributed by atoms with van der Waals surface area (Å²) in [6.45, 7) is 6.50. The molecule has 0 aromatic heterocycles. The number of carbonyl (C=O) groups is 3. The van der Waals surface area contributed by atoms with E-state index in [2.05, 4.69) is 10.6 Å². The SMILES string of the molecule is CNC(=O)[C@@H](NC(=O)C(Cc1ccc2ccccc2c1)[C@H](OCCCN(C)C)C(=O)NO)C(C)(C)C. The highest BCUT2D eigenvalue weighted by atomic mass is 16.5. The Morgan fingerprint density at radius 1 is 1.00 bits per heavy atom. The molecule has 0 fully saturated rings. The highest BCUT2D eigenvalue weighted by Crippen LogP contribution is 2.24. The zero-order chi connectivity index (χ0) is 26.9. The van der Waals surface area contributed by atoms with E-state index in [0.717, 1.165) is 22.9 Å². The monoisotopic (exact) mass is 500 g/mol. The van der Waals surface area contributed by atoms with E-state index in [4.69, 9.17) is 4.74 Å². The van der Waals surface area contributed by atoms with Gasteiger partial charge in [0, 0.05) is 13.7 Å². The summed E-state index contributed by atoms with van der Waals surface area (Å²) in [5.41, 5.74) is 1.90. The van der Waals surface area contributed by atoms with Crippen LogP contribution in [0.25, 0.3) is 10.8 Å². The number of fused-ring (bicyclic) bond motifs is 1. The first-order valence-electron chi connectivity index (χ1n) is 12.2. The van der Waals surface area contributed by atoms with Gasteiger partial charge >= 0.3 is 0 Å². The van der Waals surface area contributed by atoms with Gasteiger partial charge in [0.15, 0.2) is 0 Å². The van der Waals surface area contributed by atoms with Crippen LogP contribution < -0.4 is 16.1 Å². The molecule has 0 saturated heterocycles. The second-order valence-corrected chi connectivity index (χ2v) is 10.3. The average Bonchev–Trinajstić information content (AvgIpc) is 2.84. The number of likely N-dealkylation sites (N-methyl/N-ethyl adjacent to an activating group) is 1. The molecule has 3 atom stereocenters. The number of carbonyl (C=O) groups excluding carboxylic acids is 3. The first-order valence-corrected chi connectivity index (χ1v) is 12.2. The minimum absolute atomic E-state index is 0.174. The molecule has 3 amide bonds. The number of hydrogen-bond donors (Lipinski definition) is 4. The second-order valence-electron chi connectivity index (χ2n) is 10.3. The molecule has 0 aliphatic heterocycles. The van der Waals surface area contributed by atoms with Crippen molar-refractivity contribution in [1.82, 2.24) is 21.0 Å². The fourth-order valence-electron chi connectivity index (χ4n) is 4.06. The molecule has 9 heteroatoms. The molecule has 0 saturated carbocycles. The lowest BCUT2D eigenvalue weighted by molar-refractivity contribution is -0.151. The van der Waals surface area contributed by atoms with E-state index in [9.17, 15) is 19.6 Å². The molecule has 9 nitrogen and oxygen atoms in total. The molecule has 0 aliphatic carbocycles. The Kier molecular flexibility index (Phi) is 10.8. The molecular weight excluding hydrogens is 460 g/mol. The standard InChI is InChI=1S/C27H40N4O5/c1-27(2,3)23(26(34)28-4)29-24(32)21(22(25(33)30-35)36-15-9-14-31(5)6)17-18-12-13-19-10-7-8-11-20(19)16-18/h7-8,10-13,16,21-23,35H,9,14-15,17H2,1-6H3,(H,28,34)(H,29,32)(H,30,33)/t21?,22-,23+/m0/s1. The van der Waals surface area contributed by atoms with Gasteiger partial charge in [-0.2, -0.15) is 0 Å². The normalized spacial score (nSPS) is 14.2. The number of rotatable bonds is 12. The molecule has 1 unspecified atom stereocenters. The highest BCUT2D eigenvalue weighted by Gasteiger charge is 2.39. The lowest BCUT2D eigenvalue weighted by Crippen LogP contribution is -2.56. The molecule has 4 N–H and O–H groups in total. The largest absolute Gasteiger partial charge is 0.367 e. The summed E-state index contributed by atoms with van der Waals surface area (Å²) >= 11 is 0. The van der Waals surface area contributed by atoms with Crippen LogP contribution in [0.15, 0.2) is 42.5 Å². The number of hydroxylamine groups is 1. The van der Waals surface area contributed by atoms with Gasteiger partial charge in [0.05, 0.1) is 5.92 Å². The van der Waals surface area contributed by atoms with Crippen molar-refractivity contribution in [2.45, 2.75) is 45.8 Å². The van der Waals surface area contributed by atoms with Crippen molar-refractivity contribution in [3.8, 4) is 0 Å². The topological polar surface area (TPSA) is 120 Å². The van der Waals surface area contributed by atoms with Crippen molar-refractivity contribution in [2.75, 3.05) is 34.3 Å². The van der Waals surface area contributed by atoms with Gasteiger partial charge in [-0.25, -0.2) is 5.48 Å². The van der Waals surface area contributed by atoms with E-state index in [1.165, 1.54) is 7.05 Å².